The van der Waals surface area contributed by atoms with E-state index in [1.54, 1.807) is 0 Å². The first-order valence-electron chi connectivity index (χ1n) is 11.9. The quantitative estimate of drug-likeness (QED) is 0.491. The molecule has 0 spiro atoms. The van der Waals surface area contributed by atoms with E-state index in [0.29, 0.717) is 6.79 Å². The number of hydrogen-bond acceptors (Lipinski definition) is 6. The van der Waals surface area contributed by atoms with Gasteiger partial charge in [0.2, 0.25) is 6.79 Å². The Morgan fingerprint density at radius 1 is 1.03 bits per heavy atom. The lowest BCUT2D eigenvalue weighted by atomic mass is 9.74. The molecule has 0 radical (unpaired) electrons. The van der Waals surface area contributed by atoms with E-state index < -0.39 is 0 Å². The predicted octanol–water partition coefficient (Wildman–Crippen LogP) is 2.13. The van der Waals surface area contributed by atoms with Gasteiger partial charge in [0.25, 0.3) is 0 Å². The van der Waals surface area contributed by atoms with E-state index in [-0.39, 0.29) is 11.0 Å². The zero-order valence-electron chi connectivity index (χ0n) is 19.7. The van der Waals surface area contributed by atoms with Crippen molar-refractivity contribution in [3.8, 4) is 11.5 Å². The number of nitrogens with zero attached hydrogens (tertiary/aromatic N) is 2. The van der Waals surface area contributed by atoms with Crippen LogP contribution in [0.4, 0.5) is 0 Å². The minimum atomic E-state index is -0.0326. The van der Waals surface area contributed by atoms with Crippen molar-refractivity contribution >= 4 is 5.96 Å². The summed E-state index contributed by atoms with van der Waals surface area (Å²) in [6.07, 6.45) is 1.91. The second kappa shape index (κ2) is 10.3. The average Bonchev–Trinajstić information content (AvgIpc) is 3.30. The van der Waals surface area contributed by atoms with Crippen LogP contribution in [-0.2, 0) is 14.9 Å². The Hall–Kier alpha value is -2.03. The van der Waals surface area contributed by atoms with Gasteiger partial charge in [0.1, 0.15) is 0 Å². The van der Waals surface area contributed by atoms with E-state index in [1.165, 1.54) is 5.56 Å². The molecule has 3 aliphatic heterocycles. The topological polar surface area (TPSA) is 76.6 Å². The highest BCUT2D eigenvalue weighted by molar-refractivity contribution is 5.80. The number of hydrogen-bond donors (Lipinski definition) is 2. The van der Waals surface area contributed by atoms with Crippen molar-refractivity contribution in [1.82, 2.24) is 15.5 Å². The van der Waals surface area contributed by atoms with Gasteiger partial charge >= 0.3 is 0 Å². The number of fused-ring (bicyclic) bond motifs is 1. The lowest BCUT2D eigenvalue weighted by Crippen LogP contribution is -2.52. The lowest BCUT2D eigenvalue weighted by Gasteiger charge is -2.40. The molecule has 2 N–H and O–H groups in total. The number of nitrogens with one attached hydrogen (secondary N) is 2. The van der Waals surface area contributed by atoms with Crippen molar-refractivity contribution in [3.63, 3.8) is 0 Å². The summed E-state index contributed by atoms with van der Waals surface area (Å²) in [4.78, 5) is 7.43. The van der Waals surface area contributed by atoms with Gasteiger partial charge in [-0.1, -0.05) is 6.07 Å². The SMILES string of the molecule is CCNC(=NCC(C)(C)N1CCOCC1)NCC1(c2ccc3c(c2)OCO3)CCOCC1. The normalized spacial score (nSPS) is 21.4. The second-order valence-electron chi connectivity index (χ2n) is 9.42. The Bertz CT molecular complexity index is 786. The first kappa shape index (κ1) is 23.1. The highest BCUT2D eigenvalue weighted by Crippen LogP contribution is 2.40. The van der Waals surface area contributed by atoms with Crippen molar-refractivity contribution < 1.29 is 18.9 Å². The molecule has 0 atom stereocenters. The van der Waals surface area contributed by atoms with E-state index in [9.17, 15) is 0 Å². The molecule has 2 saturated heterocycles. The highest BCUT2D eigenvalue weighted by atomic mass is 16.7. The number of benzene rings is 1. The third kappa shape index (κ3) is 5.30. The maximum atomic E-state index is 5.71. The van der Waals surface area contributed by atoms with Crippen LogP contribution in [0.1, 0.15) is 39.2 Å². The van der Waals surface area contributed by atoms with Crippen LogP contribution in [0.5, 0.6) is 11.5 Å². The molecule has 0 amide bonds. The Kier molecular flexibility index (Phi) is 7.43. The van der Waals surface area contributed by atoms with E-state index in [1.807, 2.05) is 6.07 Å². The molecular weight excluding hydrogens is 408 g/mol. The molecule has 0 aliphatic carbocycles. The van der Waals surface area contributed by atoms with Gasteiger partial charge in [-0.25, -0.2) is 0 Å². The minimum absolute atomic E-state index is 0.0141. The number of ether oxygens (including phenoxy) is 4. The van der Waals surface area contributed by atoms with Crippen LogP contribution in [-0.4, -0.2) is 82.3 Å². The third-order valence-corrected chi connectivity index (χ3v) is 6.86. The maximum Gasteiger partial charge on any atom is 0.231 e. The molecule has 3 heterocycles. The molecule has 32 heavy (non-hydrogen) atoms. The predicted molar refractivity (Wildman–Crippen MR) is 125 cm³/mol. The van der Waals surface area contributed by atoms with E-state index in [2.05, 4.69) is 48.4 Å². The van der Waals surface area contributed by atoms with Gasteiger partial charge in [-0.15, -0.1) is 0 Å². The van der Waals surface area contributed by atoms with E-state index in [0.717, 1.165) is 89.5 Å². The van der Waals surface area contributed by atoms with Crippen LogP contribution in [0.25, 0.3) is 0 Å². The molecule has 8 heteroatoms. The molecule has 0 bridgehead atoms. The van der Waals surface area contributed by atoms with Crippen LogP contribution < -0.4 is 20.1 Å². The summed E-state index contributed by atoms with van der Waals surface area (Å²) in [5.74, 6) is 2.52. The van der Waals surface area contributed by atoms with Crippen molar-refractivity contribution in [1.29, 1.82) is 0 Å². The Morgan fingerprint density at radius 2 is 1.75 bits per heavy atom. The van der Waals surface area contributed by atoms with Crippen LogP contribution in [0.15, 0.2) is 23.2 Å². The minimum Gasteiger partial charge on any atom is -0.454 e. The third-order valence-electron chi connectivity index (χ3n) is 6.86. The molecule has 0 unspecified atom stereocenters. The summed E-state index contributed by atoms with van der Waals surface area (Å²) >= 11 is 0. The monoisotopic (exact) mass is 446 g/mol. The zero-order valence-corrected chi connectivity index (χ0v) is 19.7. The molecule has 178 valence electrons. The highest BCUT2D eigenvalue weighted by Gasteiger charge is 2.36. The molecule has 0 aromatic heterocycles. The standard InChI is InChI=1S/C24H38N4O4/c1-4-25-22(26-16-23(2,3)28-9-13-30-14-10-28)27-17-24(7-11-29-12-8-24)19-5-6-20-21(15-19)32-18-31-20/h5-6,15H,4,7-14,16-18H2,1-3H3,(H2,25,26,27). The van der Waals surface area contributed by atoms with E-state index in [4.69, 9.17) is 23.9 Å². The van der Waals surface area contributed by atoms with Gasteiger partial charge in [0, 0.05) is 50.3 Å². The maximum absolute atomic E-state index is 5.71. The van der Waals surface area contributed by atoms with Gasteiger partial charge in [0.05, 0.1) is 19.8 Å². The van der Waals surface area contributed by atoms with Crippen molar-refractivity contribution in [2.75, 3.05) is 65.9 Å². The molecule has 1 aromatic rings. The average molecular weight is 447 g/mol. The summed E-state index contributed by atoms with van der Waals surface area (Å²) < 4.78 is 22.4. The summed E-state index contributed by atoms with van der Waals surface area (Å²) in [5, 5.41) is 7.07. The van der Waals surface area contributed by atoms with Crippen molar-refractivity contribution in [2.45, 2.75) is 44.6 Å². The number of morpholine rings is 1. The summed E-state index contributed by atoms with van der Waals surface area (Å²) in [6, 6.07) is 6.34. The van der Waals surface area contributed by atoms with Gasteiger partial charge in [-0.2, -0.15) is 0 Å². The Morgan fingerprint density at radius 3 is 2.50 bits per heavy atom. The lowest BCUT2D eigenvalue weighted by molar-refractivity contribution is -0.00684. The number of rotatable bonds is 7. The van der Waals surface area contributed by atoms with Crippen LogP contribution in [0, 0.1) is 0 Å². The molecule has 3 aliphatic rings. The first-order chi connectivity index (χ1) is 15.5. The van der Waals surface area contributed by atoms with Gasteiger partial charge in [-0.3, -0.25) is 9.89 Å². The number of aliphatic imine (C=N–C) groups is 1. The molecular formula is C24H38N4O4. The van der Waals surface area contributed by atoms with Gasteiger partial charge in [-0.05, 0) is 51.3 Å². The fourth-order valence-corrected chi connectivity index (χ4v) is 4.69. The fraction of sp³-hybridized carbons (Fsp3) is 0.708. The largest absolute Gasteiger partial charge is 0.454 e. The van der Waals surface area contributed by atoms with Gasteiger partial charge in [0.15, 0.2) is 17.5 Å². The number of guanidine groups is 1. The zero-order chi connectivity index (χ0) is 22.4. The second-order valence-corrected chi connectivity index (χ2v) is 9.42. The van der Waals surface area contributed by atoms with Crippen molar-refractivity contribution in [3.05, 3.63) is 23.8 Å². The molecule has 8 nitrogen and oxygen atoms in total. The van der Waals surface area contributed by atoms with Crippen LogP contribution >= 0.6 is 0 Å². The molecule has 2 fully saturated rings. The summed E-state index contributed by atoms with van der Waals surface area (Å²) in [5.41, 5.74) is 1.22. The first-order valence-corrected chi connectivity index (χ1v) is 11.9. The molecule has 4 rings (SSSR count). The Balaban J connectivity index is 1.47. The summed E-state index contributed by atoms with van der Waals surface area (Å²) in [6.45, 7) is 14.3. The summed E-state index contributed by atoms with van der Waals surface area (Å²) in [7, 11) is 0. The van der Waals surface area contributed by atoms with E-state index >= 15 is 0 Å². The Labute approximate surface area is 191 Å². The fourth-order valence-electron chi connectivity index (χ4n) is 4.69. The van der Waals surface area contributed by atoms with Crippen LogP contribution in [0.3, 0.4) is 0 Å². The van der Waals surface area contributed by atoms with Gasteiger partial charge < -0.3 is 29.6 Å². The molecule has 1 aromatic carbocycles. The smallest absolute Gasteiger partial charge is 0.231 e. The molecule has 0 saturated carbocycles. The van der Waals surface area contributed by atoms with Crippen molar-refractivity contribution in [2.24, 2.45) is 4.99 Å². The van der Waals surface area contributed by atoms with Crippen LogP contribution in [0.2, 0.25) is 0 Å².